The summed E-state index contributed by atoms with van der Waals surface area (Å²) in [5.74, 6) is 5.17. The molecule has 72 valence electrons. The highest BCUT2D eigenvalue weighted by Gasteiger charge is 2.05. The molecule has 1 aromatic heterocycles. The molecule has 0 aliphatic heterocycles. The van der Waals surface area contributed by atoms with Crippen LogP contribution in [-0.2, 0) is 4.74 Å². The summed E-state index contributed by atoms with van der Waals surface area (Å²) in [7, 11) is 0. The van der Waals surface area contributed by atoms with Crippen molar-refractivity contribution >= 4 is 5.97 Å². The van der Waals surface area contributed by atoms with Crippen LogP contribution in [0.3, 0.4) is 0 Å². The third-order valence-electron chi connectivity index (χ3n) is 1.53. The van der Waals surface area contributed by atoms with Gasteiger partial charge in [0.1, 0.15) is 5.69 Å². The van der Waals surface area contributed by atoms with E-state index in [-0.39, 0.29) is 5.97 Å². The lowest BCUT2D eigenvalue weighted by molar-refractivity contribution is 0.0526. The summed E-state index contributed by atoms with van der Waals surface area (Å²) in [4.78, 5) is 15.2. The molecule has 0 aliphatic rings. The van der Waals surface area contributed by atoms with Crippen LogP contribution in [0.2, 0.25) is 0 Å². The summed E-state index contributed by atoms with van der Waals surface area (Å²) in [5, 5.41) is 0. The molecule has 0 aromatic carbocycles. The number of ether oxygens (including phenoxy) is 1. The van der Waals surface area contributed by atoms with Gasteiger partial charge in [-0.25, -0.2) is 9.78 Å². The fourth-order valence-corrected chi connectivity index (χ4v) is 0.931. The number of nitrogens with zero attached hydrogens (tertiary/aromatic N) is 1. The highest BCUT2D eigenvalue weighted by atomic mass is 16.5. The molecule has 0 fully saturated rings. The van der Waals surface area contributed by atoms with E-state index in [1.54, 1.807) is 26.0 Å². The van der Waals surface area contributed by atoms with E-state index in [0.717, 1.165) is 0 Å². The molecule has 0 radical (unpaired) electrons. The molecule has 0 spiro atoms. The van der Waals surface area contributed by atoms with Gasteiger partial charge < -0.3 is 4.74 Å². The SMILES string of the molecule is CC#Cc1ccc(C(=O)OCC)cn1. The molecule has 14 heavy (non-hydrogen) atoms. The second-order valence-electron chi connectivity index (χ2n) is 2.53. The number of aromatic nitrogens is 1. The van der Waals surface area contributed by atoms with Crippen molar-refractivity contribution in [2.24, 2.45) is 0 Å². The number of carbonyl (C=O) groups is 1. The van der Waals surface area contributed by atoms with Crippen LogP contribution < -0.4 is 0 Å². The van der Waals surface area contributed by atoms with Gasteiger partial charge in [-0.2, -0.15) is 0 Å². The normalized spacial score (nSPS) is 8.71. The Hall–Kier alpha value is -1.82. The van der Waals surface area contributed by atoms with Crippen molar-refractivity contribution in [3.8, 4) is 11.8 Å². The van der Waals surface area contributed by atoms with Gasteiger partial charge >= 0.3 is 5.97 Å². The Morgan fingerprint density at radius 1 is 1.57 bits per heavy atom. The Labute approximate surface area is 83.1 Å². The van der Waals surface area contributed by atoms with Crippen LogP contribution in [-0.4, -0.2) is 17.6 Å². The van der Waals surface area contributed by atoms with E-state index in [1.165, 1.54) is 6.20 Å². The van der Waals surface area contributed by atoms with Crippen LogP contribution in [0.15, 0.2) is 18.3 Å². The zero-order valence-electron chi connectivity index (χ0n) is 8.20. The summed E-state index contributed by atoms with van der Waals surface area (Å²) in [5.41, 5.74) is 1.11. The molecule has 0 aliphatic carbocycles. The summed E-state index contributed by atoms with van der Waals surface area (Å²) in [6, 6.07) is 3.35. The second kappa shape index (κ2) is 5.03. The van der Waals surface area contributed by atoms with Crippen molar-refractivity contribution in [1.82, 2.24) is 4.98 Å². The highest BCUT2D eigenvalue weighted by molar-refractivity contribution is 5.89. The quantitative estimate of drug-likeness (QED) is 0.524. The Bertz CT molecular complexity index is 371. The standard InChI is InChI=1S/C11H11NO2/c1-3-5-10-7-6-9(8-12-10)11(13)14-4-2/h6-8H,4H2,1-2H3. The first kappa shape index (κ1) is 10.3. The molecule has 0 saturated heterocycles. The van der Waals surface area contributed by atoms with Crippen molar-refractivity contribution in [1.29, 1.82) is 0 Å². The fraction of sp³-hybridized carbons (Fsp3) is 0.273. The monoisotopic (exact) mass is 189 g/mol. The van der Waals surface area contributed by atoms with E-state index < -0.39 is 0 Å². The first-order valence-corrected chi connectivity index (χ1v) is 4.34. The number of hydrogen-bond donors (Lipinski definition) is 0. The zero-order chi connectivity index (χ0) is 10.4. The maximum absolute atomic E-state index is 11.2. The van der Waals surface area contributed by atoms with Gasteiger partial charge in [-0.3, -0.25) is 0 Å². The molecule has 0 amide bonds. The van der Waals surface area contributed by atoms with Crippen molar-refractivity contribution in [2.75, 3.05) is 6.61 Å². The fourth-order valence-electron chi connectivity index (χ4n) is 0.931. The topological polar surface area (TPSA) is 39.2 Å². The molecular weight excluding hydrogens is 178 g/mol. The van der Waals surface area contributed by atoms with E-state index in [0.29, 0.717) is 17.9 Å². The number of pyridine rings is 1. The van der Waals surface area contributed by atoms with Crippen LogP contribution in [0.5, 0.6) is 0 Å². The van der Waals surface area contributed by atoms with Gasteiger partial charge in [0.2, 0.25) is 0 Å². The number of carbonyl (C=O) groups excluding carboxylic acids is 1. The molecule has 1 rings (SSSR count). The minimum Gasteiger partial charge on any atom is -0.462 e. The van der Waals surface area contributed by atoms with Crippen molar-refractivity contribution in [2.45, 2.75) is 13.8 Å². The molecule has 3 nitrogen and oxygen atoms in total. The van der Waals surface area contributed by atoms with Crippen LogP contribution >= 0.6 is 0 Å². The van der Waals surface area contributed by atoms with Crippen molar-refractivity contribution < 1.29 is 9.53 Å². The van der Waals surface area contributed by atoms with Gasteiger partial charge in [0.05, 0.1) is 12.2 Å². The van der Waals surface area contributed by atoms with Crippen molar-refractivity contribution in [3.63, 3.8) is 0 Å². The maximum atomic E-state index is 11.2. The van der Waals surface area contributed by atoms with Gasteiger partial charge in [0.25, 0.3) is 0 Å². The lowest BCUT2D eigenvalue weighted by Crippen LogP contribution is -2.04. The van der Waals surface area contributed by atoms with Gasteiger partial charge in [-0.1, -0.05) is 5.92 Å². The van der Waals surface area contributed by atoms with Crippen LogP contribution in [0.1, 0.15) is 29.9 Å². The summed E-state index contributed by atoms with van der Waals surface area (Å²) in [6.07, 6.45) is 1.47. The van der Waals surface area contributed by atoms with E-state index in [1.807, 2.05) is 0 Å². The number of esters is 1. The second-order valence-corrected chi connectivity index (χ2v) is 2.53. The lowest BCUT2D eigenvalue weighted by atomic mass is 10.2. The van der Waals surface area contributed by atoms with Gasteiger partial charge in [0.15, 0.2) is 0 Å². The third kappa shape index (κ3) is 2.60. The first-order valence-electron chi connectivity index (χ1n) is 4.34. The molecule has 0 saturated carbocycles. The van der Waals surface area contributed by atoms with Gasteiger partial charge in [-0.05, 0) is 31.9 Å². The van der Waals surface area contributed by atoms with Gasteiger partial charge in [0, 0.05) is 6.20 Å². The summed E-state index contributed by atoms with van der Waals surface area (Å²) < 4.78 is 4.81. The zero-order valence-corrected chi connectivity index (χ0v) is 8.20. The van der Waals surface area contributed by atoms with Crippen LogP contribution in [0, 0.1) is 11.8 Å². The van der Waals surface area contributed by atoms with E-state index in [4.69, 9.17) is 4.74 Å². The molecule has 1 aromatic rings. The molecule has 0 unspecified atom stereocenters. The van der Waals surface area contributed by atoms with E-state index in [9.17, 15) is 4.79 Å². The summed E-state index contributed by atoms with van der Waals surface area (Å²) >= 11 is 0. The molecular formula is C11H11NO2. The Morgan fingerprint density at radius 2 is 2.36 bits per heavy atom. The molecule has 0 bridgehead atoms. The van der Waals surface area contributed by atoms with Crippen LogP contribution in [0.25, 0.3) is 0 Å². The molecule has 0 atom stereocenters. The first-order chi connectivity index (χ1) is 6.77. The minimum absolute atomic E-state index is 0.351. The average molecular weight is 189 g/mol. The Morgan fingerprint density at radius 3 is 2.86 bits per heavy atom. The van der Waals surface area contributed by atoms with Gasteiger partial charge in [-0.15, -0.1) is 0 Å². The predicted octanol–water partition coefficient (Wildman–Crippen LogP) is 1.63. The number of rotatable bonds is 2. The average Bonchev–Trinajstić information content (AvgIpc) is 2.20. The number of hydrogen-bond acceptors (Lipinski definition) is 3. The van der Waals surface area contributed by atoms with Crippen LogP contribution in [0.4, 0.5) is 0 Å². The largest absolute Gasteiger partial charge is 0.462 e. The molecule has 1 heterocycles. The lowest BCUT2D eigenvalue weighted by Gasteiger charge is -2.00. The molecule has 0 N–H and O–H groups in total. The van der Waals surface area contributed by atoms with E-state index in [2.05, 4.69) is 16.8 Å². The Balaban J connectivity index is 2.81. The molecule has 3 heteroatoms. The van der Waals surface area contributed by atoms with Crippen molar-refractivity contribution in [3.05, 3.63) is 29.6 Å². The smallest absolute Gasteiger partial charge is 0.339 e. The maximum Gasteiger partial charge on any atom is 0.339 e. The third-order valence-corrected chi connectivity index (χ3v) is 1.53. The summed E-state index contributed by atoms with van der Waals surface area (Å²) in [6.45, 7) is 3.87. The Kier molecular flexibility index (Phi) is 3.69. The highest BCUT2D eigenvalue weighted by Crippen LogP contribution is 2.01. The minimum atomic E-state index is -0.351. The van der Waals surface area contributed by atoms with E-state index >= 15 is 0 Å². The predicted molar refractivity (Wildman–Crippen MR) is 52.7 cm³/mol.